The van der Waals surface area contributed by atoms with E-state index in [-0.39, 0.29) is 22.0 Å². The minimum absolute atomic E-state index is 0.0906. The van der Waals surface area contributed by atoms with Gasteiger partial charge in [0.05, 0.1) is 31.2 Å². The molecule has 0 aliphatic carbocycles. The molecular formula is C22H24N4O5S. The summed E-state index contributed by atoms with van der Waals surface area (Å²) in [6.07, 6.45) is 1.68. The Balaban J connectivity index is 2.12. The van der Waals surface area contributed by atoms with Gasteiger partial charge in [-0.05, 0) is 54.6 Å². The van der Waals surface area contributed by atoms with Gasteiger partial charge in [0.2, 0.25) is 0 Å². The van der Waals surface area contributed by atoms with Crippen LogP contribution in [0.2, 0.25) is 0 Å². The molecule has 2 N–H and O–H groups in total. The maximum absolute atomic E-state index is 13.4. The highest BCUT2D eigenvalue weighted by molar-refractivity contribution is 7.90. The van der Waals surface area contributed by atoms with E-state index < -0.39 is 16.0 Å². The van der Waals surface area contributed by atoms with E-state index in [9.17, 15) is 13.2 Å². The highest BCUT2D eigenvalue weighted by Gasteiger charge is 2.23. The molecule has 0 atom stereocenters. The zero-order valence-corrected chi connectivity index (χ0v) is 18.9. The summed E-state index contributed by atoms with van der Waals surface area (Å²) in [6, 6.07) is 14.7. The molecule has 1 aromatic heterocycles. The molecule has 10 heteroatoms. The number of anilines is 2. The van der Waals surface area contributed by atoms with Gasteiger partial charge in [-0.15, -0.1) is 4.40 Å². The fourth-order valence-electron chi connectivity index (χ4n) is 2.92. The lowest BCUT2D eigenvalue weighted by Crippen LogP contribution is -2.25. The van der Waals surface area contributed by atoms with Crippen LogP contribution in [-0.2, 0) is 14.8 Å². The first kappa shape index (κ1) is 22.9. The Morgan fingerprint density at radius 3 is 2.34 bits per heavy atom. The maximum Gasteiger partial charge on any atom is 0.337 e. The number of sulfonamides is 1. The molecule has 9 nitrogen and oxygen atoms in total. The molecule has 0 aliphatic rings. The number of hydrogen-bond donors (Lipinski definition) is 2. The van der Waals surface area contributed by atoms with Crippen LogP contribution in [0.15, 0.2) is 70.1 Å². The van der Waals surface area contributed by atoms with Crippen LogP contribution in [0.1, 0.15) is 16.1 Å². The Morgan fingerprint density at radius 2 is 1.78 bits per heavy atom. The Labute approximate surface area is 186 Å². The molecular weight excluding hydrogens is 432 g/mol. The van der Waals surface area contributed by atoms with Crippen LogP contribution >= 0.6 is 0 Å². The average molecular weight is 457 g/mol. The van der Waals surface area contributed by atoms with Crippen molar-refractivity contribution in [1.82, 2.24) is 9.88 Å². The standard InChI is InChI=1S/C22H24N4O5S/c1-26(2)21(19-6-5-13-23-19)25-32(28,29)20-14-15(22(27)31-4)7-12-18(20)24-16-8-10-17(30-3)11-9-16/h5-14,23-24H,1-4H3. The monoisotopic (exact) mass is 456 g/mol. The Hall–Kier alpha value is -3.79. The third-order valence-corrected chi connectivity index (χ3v) is 5.83. The van der Waals surface area contributed by atoms with Crippen molar-refractivity contribution in [3.63, 3.8) is 0 Å². The van der Waals surface area contributed by atoms with Crippen molar-refractivity contribution in [1.29, 1.82) is 0 Å². The third kappa shape index (κ3) is 5.09. The number of esters is 1. The van der Waals surface area contributed by atoms with Gasteiger partial charge in [0.15, 0.2) is 5.84 Å². The van der Waals surface area contributed by atoms with E-state index in [4.69, 9.17) is 9.47 Å². The lowest BCUT2D eigenvalue weighted by atomic mass is 10.2. The van der Waals surface area contributed by atoms with E-state index in [1.165, 1.54) is 25.3 Å². The molecule has 2 aromatic carbocycles. The highest BCUT2D eigenvalue weighted by Crippen LogP contribution is 2.29. The highest BCUT2D eigenvalue weighted by atomic mass is 32.2. The first-order valence-electron chi connectivity index (χ1n) is 9.54. The van der Waals surface area contributed by atoms with Gasteiger partial charge < -0.3 is 24.7 Å². The summed E-state index contributed by atoms with van der Waals surface area (Å²) in [6.45, 7) is 0. The van der Waals surface area contributed by atoms with Crippen LogP contribution in [-0.4, -0.2) is 58.4 Å². The van der Waals surface area contributed by atoms with Crippen molar-refractivity contribution in [2.24, 2.45) is 4.40 Å². The van der Waals surface area contributed by atoms with E-state index >= 15 is 0 Å². The van der Waals surface area contributed by atoms with E-state index in [0.717, 1.165) is 0 Å². The molecule has 1 heterocycles. The number of carbonyl (C=O) groups is 1. The predicted molar refractivity (Wildman–Crippen MR) is 122 cm³/mol. The second-order valence-electron chi connectivity index (χ2n) is 6.92. The fourth-order valence-corrected chi connectivity index (χ4v) is 4.18. The largest absolute Gasteiger partial charge is 0.497 e. The number of aromatic nitrogens is 1. The minimum Gasteiger partial charge on any atom is -0.497 e. The summed E-state index contributed by atoms with van der Waals surface area (Å²) < 4.78 is 40.7. The SMILES string of the molecule is COC(=O)c1ccc(Nc2ccc(OC)cc2)c(S(=O)(=O)N=C(c2ccc[nH]2)N(C)C)c1. The molecule has 3 aromatic rings. The van der Waals surface area contributed by atoms with Gasteiger partial charge in [-0.25, -0.2) is 4.79 Å². The molecule has 168 valence electrons. The molecule has 0 amide bonds. The number of H-pyrrole nitrogens is 1. The molecule has 0 saturated heterocycles. The molecule has 0 spiro atoms. The smallest absolute Gasteiger partial charge is 0.337 e. The zero-order chi connectivity index (χ0) is 23.3. The van der Waals surface area contributed by atoms with Crippen molar-refractivity contribution in [3.8, 4) is 5.75 Å². The zero-order valence-electron chi connectivity index (χ0n) is 18.1. The van der Waals surface area contributed by atoms with Crippen LogP contribution in [0.5, 0.6) is 5.75 Å². The van der Waals surface area contributed by atoms with Crippen LogP contribution < -0.4 is 10.1 Å². The molecule has 0 bridgehead atoms. The number of aromatic amines is 1. The van der Waals surface area contributed by atoms with Crippen molar-refractivity contribution >= 4 is 33.2 Å². The summed E-state index contributed by atoms with van der Waals surface area (Å²) in [7, 11) is 1.94. The van der Waals surface area contributed by atoms with Crippen molar-refractivity contribution in [3.05, 3.63) is 72.1 Å². The van der Waals surface area contributed by atoms with Gasteiger partial charge in [0, 0.05) is 26.0 Å². The maximum atomic E-state index is 13.4. The van der Waals surface area contributed by atoms with Crippen molar-refractivity contribution in [2.75, 3.05) is 33.6 Å². The molecule has 0 fully saturated rings. The first-order valence-corrected chi connectivity index (χ1v) is 11.0. The average Bonchev–Trinajstić information content (AvgIpc) is 3.32. The molecule has 0 unspecified atom stereocenters. The minimum atomic E-state index is -4.23. The molecule has 3 rings (SSSR count). The van der Waals surface area contributed by atoms with E-state index in [1.807, 2.05) is 0 Å². The summed E-state index contributed by atoms with van der Waals surface area (Å²) >= 11 is 0. The van der Waals surface area contributed by atoms with Gasteiger partial charge in [-0.2, -0.15) is 8.42 Å². The van der Waals surface area contributed by atoms with Gasteiger partial charge in [-0.3, -0.25) is 0 Å². The summed E-state index contributed by atoms with van der Waals surface area (Å²) in [5, 5.41) is 3.07. The van der Waals surface area contributed by atoms with E-state index in [0.29, 0.717) is 17.1 Å². The van der Waals surface area contributed by atoms with Crippen LogP contribution in [0, 0.1) is 0 Å². The Kier molecular flexibility index (Phi) is 6.84. The molecule has 0 aliphatic heterocycles. The van der Waals surface area contributed by atoms with Crippen LogP contribution in [0.3, 0.4) is 0 Å². The second-order valence-corrected chi connectivity index (χ2v) is 8.50. The number of ether oxygens (including phenoxy) is 2. The second kappa shape index (κ2) is 9.56. The van der Waals surface area contributed by atoms with E-state index in [2.05, 4.69) is 14.7 Å². The lowest BCUT2D eigenvalue weighted by Gasteiger charge is -2.16. The summed E-state index contributed by atoms with van der Waals surface area (Å²) in [4.78, 5) is 16.4. The number of amidine groups is 1. The Bertz CT molecular complexity index is 1220. The summed E-state index contributed by atoms with van der Waals surface area (Å²) in [5.74, 6) is 0.225. The van der Waals surface area contributed by atoms with Crippen LogP contribution in [0.4, 0.5) is 11.4 Å². The van der Waals surface area contributed by atoms with Crippen molar-refractivity contribution < 1.29 is 22.7 Å². The van der Waals surface area contributed by atoms with Crippen LogP contribution in [0.25, 0.3) is 0 Å². The number of benzene rings is 2. The number of methoxy groups -OCH3 is 2. The summed E-state index contributed by atoms with van der Waals surface area (Å²) in [5.41, 5.74) is 1.52. The molecule has 0 saturated carbocycles. The predicted octanol–water partition coefficient (Wildman–Crippen LogP) is 3.25. The number of nitrogens with zero attached hydrogens (tertiary/aromatic N) is 2. The first-order chi connectivity index (χ1) is 15.2. The Morgan fingerprint density at radius 1 is 1.06 bits per heavy atom. The van der Waals surface area contributed by atoms with Gasteiger partial charge in [0.1, 0.15) is 10.6 Å². The normalized spacial score (nSPS) is 11.7. The van der Waals surface area contributed by atoms with Gasteiger partial charge in [0.25, 0.3) is 10.0 Å². The number of hydrogen-bond acceptors (Lipinski definition) is 6. The van der Waals surface area contributed by atoms with Crippen molar-refractivity contribution in [2.45, 2.75) is 4.90 Å². The molecule has 0 radical (unpaired) electrons. The number of carbonyl (C=O) groups excluding carboxylic acids is 1. The van der Waals surface area contributed by atoms with Gasteiger partial charge in [-0.1, -0.05) is 0 Å². The lowest BCUT2D eigenvalue weighted by molar-refractivity contribution is 0.0600. The van der Waals surface area contributed by atoms with Gasteiger partial charge >= 0.3 is 5.97 Å². The number of nitrogens with one attached hydrogen (secondary N) is 2. The topological polar surface area (TPSA) is 113 Å². The molecule has 32 heavy (non-hydrogen) atoms. The van der Waals surface area contributed by atoms with E-state index in [1.54, 1.807) is 68.7 Å². The number of rotatable bonds is 7. The quantitative estimate of drug-likeness (QED) is 0.319. The fraction of sp³-hybridized carbons (Fsp3) is 0.182. The third-order valence-electron chi connectivity index (χ3n) is 4.52.